The van der Waals surface area contributed by atoms with Crippen molar-refractivity contribution < 1.29 is 0 Å². The Balaban J connectivity index is 2.37. The molecule has 19 heavy (non-hydrogen) atoms. The van der Waals surface area contributed by atoms with Crippen LogP contribution in [0.3, 0.4) is 0 Å². The minimum absolute atomic E-state index is 0.0533. The maximum Gasteiger partial charge on any atom is 0.329 e. The molecule has 0 bridgehead atoms. The Morgan fingerprint density at radius 3 is 2.63 bits per heavy atom. The van der Waals surface area contributed by atoms with Crippen LogP contribution in [0.5, 0.6) is 0 Å². The number of rotatable bonds is 4. The molecule has 0 aromatic carbocycles. The van der Waals surface area contributed by atoms with Crippen LogP contribution in [-0.2, 0) is 13.1 Å². The van der Waals surface area contributed by atoms with Crippen LogP contribution >= 0.6 is 0 Å². The molecule has 0 aliphatic rings. The fourth-order valence-electron chi connectivity index (χ4n) is 1.77. The van der Waals surface area contributed by atoms with Gasteiger partial charge < -0.3 is 0 Å². The van der Waals surface area contributed by atoms with Crippen molar-refractivity contribution in [3.63, 3.8) is 0 Å². The van der Waals surface area contributed by atoms with Gasteiger partial charge in [-0.15, -0.1) is 5.10 Å². The highest BCUT2D eigenvalue weighted by molar-refractivity contribution is 5.09. The van der Waals surface area contributed by atoms with Gasteiger partial charge in [-0.2, -0.15) is 0 Å². The summed E-state index contributed by atoms with van der Waals surface area (Å²) in [6.07, 6.45) is 4.16. The van der Waals surface area contributed by atoms with Crippen molar-refractivity contribution in [2.75, 3.05) is 0 Å². The van der Waals surface area contributed by atoms with Gasteiger partial charge in [-0.3, -0.25) is 14.3 Å². The number of hydrogen-bond donors (Lipinski definition) is 1. The molecule has 0 atom stereocenters. The summed E-state index contributed by atoms with van der Waals surface area (Å²) in [6.45, 7) is 6.04. The highest BCUT2D eigenvalue weighted by Crippen LogP contribution is 2.06. The molecule has 0 fully saturated rings. The van der Waals surface area contributed by atoms with Crippen molar-refractivity contribution in [3.05, 3.63) is 44.5 Å². The lowest BCUT2D eigenvalue weighted by molar-refractivity contribution is 0.504. The highest BCUT2D eigenvalue weighted by Gasteiger charge is 2.09. The first-order valence-electron chi connectivity index (χ1n) is 6.24. The molecule has 0 radical (unpaired) electrons. The summed E-state index contributed by atoms with van der Waals surface area (Å²) >= 11 is 0. The Bertz CT molecular complexity index is 680. The molecule has 1 N–H and O–H groups in total. The largest absolute Gasteiger partial charge is 0.329 e. The summed E-state index contributed by atoms with van der Waals surface area (Å²) in [4.78, 5) is 25.7. The van der Waals surface area contributed by atoms with Crippen LogP contribution < -0.4 is 11.2 Å². The second-order valence-electron chi connectivity index (χ2n) is 4.71. The second-order valence-corrected chi connectivity index (χ2v) is 4.71. The van der Waals surface area contributed by atoms with Crippen molar-refractivity contribution in [2.24, 2.45) is 0 Å². The van der Waals surface area contributed by atoms with E-state index in [1.807, 2.05) is 20.8 Å². The van der Waals surface area contributed by atoms with E-state index in [1.54, 1.807) is 17.1 Å². The lowest BCUT2D eigenvalue weighted by Gasteiger charge is -2.09. The van der Waals surface area contributed by atoms with Gasteiger partial charge in [0.15, 0.2) is 0 Å². The second kappa shape index (κ2) is 5.21. The average Bonchev–Trinajstić information content (AvgIpc) is 2.80. The van der Waals surface area contributed by atoms with E-state index in [9.17, 15) is 9.59 Å². The van der Waals surface area contributed by atoms with E-state index in [0.29, 0.717) is 5.56 Å². The number of hydrogen-bond acceptors (Lipinski definition) is 4. The number of H-pyrrole nitrogens is 1. The Morgan fingerprint density at radius 1 is 1.32 bits per heavy atom. The molecule has 0 spiro atoms. The Morgan fingerprint density at radius 2 is 2.05 bits per heavy atom. The fraction of sp³-hybridized carbons (Fsp3) is 0.500. The first-order valence-corrected chi connectivity index (χ1v) is 6.24. The molecule has 2 rings (SSSR count). The number of aryl methyl sites for hydroxylation is 1. The SMILES string of the molecule is CCc1cn(Cn2cc(C(C)C)c(=O)[nH]c2=O)nn1. The average molecular weight is 263 g/mol. The van der Waals surface area contributed by atoms with E-state index in [-0.39, 0.29) is 18.1 Å². The number of aromatic nitrogens is 5. The molecule has 2 aromatic rings. The van der Waals surface area contributed by atoms with Crippen LogP contribution in [0.4, 0.5) is 0 Å². The Kier molecular flexibility index (Phi) is 3.64. The molecule has 0 aliphatic carbocycles. The minimum atomic E-state index is -0.442. The first-order chi connectivity index (χ1) is 9.01. The number of nitrogens with one attached hydrogen (secondary N) is 1. The zero-order valence-corrected chi connectivity index (χ0v) is 11.3. The van der Waals surface area contributed by atoms with Crippen LogP contribution in [0.15, 0.2) is 22.0 Å². The maximum absolute atomic E-state index is 11.7. The first kappa shape index (κ1) is 13.3. The molecule has 0 unspecified atom stereocenters. The Labute approximate surface area is 109 Å². The van der Waals surface area contributed by atoms with Crippen LogP contribution in [0, 0.1) is 0 Å². The smallest absolute Gasteiger partial charge is 0.280 e. The van der Waals surface area contributed by atoms with Gasteiger partial charge in [0.2, 0.25) is 0 Å². The lowest BCUT2D eigenvalue weighted by atomic mass is 10.1. The van der Waals surface area contributed by atoms with E-state index in [4.69, 9.17) is 0 Å². The highest BCUT2D eigenvalue weighted by atomic mass is 16.2. The van der Waals surface area contributed by atoms with Crippen molar-refractivity contribution in [3.8, 4) is 0 Å². The quantitative estimate of drug-likeness (QED) is 0.860. The van der Waals surface area contributed by atoms with Gasteiger partial charge in [0.25, 0.3) is 5.56 Å². The summed E-state index contributed by atoms with van der Waals surface area (Å²) in [7, 11) is 0. The third-order valence-corrected chi connectivity index (χ3v) is 2.91. The van der Waals surface area contributed by atoms with Crippen molar-refractivity contribution in [2.45, 2.75) is 39.8 Å². The van der Waals surface area contributed by atoms with E-state index in [2.05, 4.69) is 15.3 Å². The predicted octanol–water partition coefficient (Wildman–Crippen LogP) is 0.320. The summed E-state index contributed by atoms with van der Waals surface area (Å²) < 4.78 is 2.99. The van der Waals surface area contributed by atoms with E-state index < -0.39 is 5.69 Å². The molecule has 7 heteroatoms. The molecule has 0 aliphatic heterocycles. The Hall–Kier alpha value is -2.18. The van der Waals surface area contributed by atoms with E-state index >= 15 is 0 Å². The summed E-state index contributed by atoms with van der Waals surface area (Å²) in [5.41, 5.74) is 0.670. The third-order valence-electron chi connectivity index (χ3n) is 2.91. The monoisotopic (exact) mass is 263 g/mol. The van der Waals surface area contributed by atoms with Crippen molar-refractivity contribution in [1.82, 2.24) is 24.5 Å². The molecule has 0 saturated heterocycles. The molecule has 102 valence electrons. The lowest BCUT2D eigenvalue weighted by Crippen LogP contribution is -2.33. The van der Waals surface area contributed by atoms with Gasteiger partial charge in [0.05, 0.1) is 11.9 Å². The summed E-state index contributed by atoms with van der Waals surface area (Å²) in [5.74, 6) is 0.0533. The topological polar surface area (TPSA) is 85.6 Å². The zero-order valence-electron chi connectivity index (χ0n) is 11.3. The minimum Gasteiger partial charge on any atom is -0.280 e. The predicted molar refractivity (Wildman–Crippen MR) is 70.2 cm³/mol. The standard InChI is InChI=1S/C12H17N5O2/c1-4-9-5-17(15-14-9)7-16-6-10(8(2)3)11(18)13-12(16)19/h5-6,8H,4,7H2,1-3H3,(H,13,18,19). The maximum atomic E-state index is 11.7. The van der Waals surface area contributed by atoms with Crippen LogP contribution in [-0.4, -0.2) is 24.5 Å². The molecule has 2 aromatic heterocycles. The molecule has 2 heterocycles. The zero-order chi connectivity index (χ0) is 14.0. The van der Waals surface area contributed by atoms with Crippen LogP contribution in [0.1, 0.15) is 37.9 Å². The van der Waals surface area contributed by atoms with Gasteiger partial charge in [0.1, 0.15) is 6.67 Å². The molecule has 7 nitrogen and oxygen atoms in total. The summed E-state index contributed by atoms with van der Waals surface area (Å²) in [5, 5.41) is 7.90. The summed E-state index contributed by atoms with van der Waals surface area (Å²) in [6, 6.07) is 0. The van der Waals surface area contributed by atoms with Crippen LogP contribution in [0.2, 0.25) is 0 Å². The fourth-order valence-corrected chi connectivity index (χ4v) is 1.77. The van der Waals surface area contributed by atoms with Gasteiger partial charge in [-0.25, -0.2) is 9.48 Å². The van der Waals surface area contributed by atoms with Crippen molar-refractivity contribution >= 4 is 0 Å². The number of nitrogens with zero attached hydrogens (tertiary/aromatic N) is 4. The van der Waals surface area contributed by atoms with Gasteiger partial charge in [-0.1, -0.05) is 26.0 Å². The normalized spacial score (nSPS) is 11.2. The van der Waals surface area contributed by atoms with Gasteiger partial charge in [-0.05, 0) is 12.3 Å². The molecule has 0 saturated carbocycles. The van der Waals surface area contributed by atoms with E-state index in [0.717, 1.165) is 12.1 Å². The van der Waals surface area contributed by atoms with E-state index in [1.165, 1.54) is 4.57 Å². The molecular weight excluding hydrogens is 246 g/mol. The van der Waals surface area contributed by atoms with Gasteiger partial charge >= 0.3 is 5.69 Å². The van der Waals surface area contributed by atoms with Crippen LogP contribution in [0.25, 0.3) is 0 Å². The number of aromatic amines is 1. The molecular formula is C12H17N5O2. The molecule has 0 amide bonds. The third kappa shape index (κ3) is 2.81. The van der Waals surface area contributed by atoms with Crippen molar-refractivity contribution in [1.29, 1.82) is 0 Å². The van der Waals surface area contributed by atoms with Gasteiger partial charge in [0, 0.05) is 11.8 Å².